The highest BCUT2D eigenvalue weighted by atomic mass is 79.9. The van der Waals surface area contributed by atoms with E-state index in [-0.39, 0.29) is 28.1 Å². The molecule has 0 amide bonds. The first-order valence-corrected chi connectivity index (χ1v) is 11.1. The molecule has 0 bridgehead atoms. The van der Waals surface area contributed by atoms with E-state index in [2.05, 4.69) is 31.9 Å². The van der Waals surface area contributed by atoms with Crippen LogP contribution in [0.2, 0.25) is 0 Å². The van der Waals surface area contributed by atoms with Crippen molar-refractivity contribution in [2.75, 3.05) is 5.75 Å². The van der Waals surface area contributed by atoms with Gasteiger partial charge in [0, 0.05) is 28.3 Å². The maximum atomic E-state index is 13.3. The van der Waals surface area contributed by atoms with Crippen LogP contribution < -0.4 is 0 Å². The fourth-order valence-electron chi connectivity index (χ4n) is 3.98. The van der Waals surface area contributed by atoms with Crippen LogP contribution >= 0.6 is 43.6 Å². The second-order valence-corrected chi connectivity index (χ2v) is 10.5. The molecule has 0 saturated carbocycles. The number of phenols is 1. The Kier molecular flexibility index (Phi) is 4.44. The van der Waals surface area contributed by atoms with Gasteiger partial charge in [0.1, 0.15) is 5.75 Å². The molecular weight excluding hydrogens is 466 g/mol. The van der Waals surface area contributed by atoms with Gasteiger partial charge in [0.15, 0.2) is 5.78 Å². The van der Waals surface area contributed by atoms with Crippen molar-refractivity contribution in [1.82, 2.24) is 0 Å². The molecule has 0 radical (unpaired) electrons. The van der Waals surface area contributed by atoms with Gasteiger partial charge >= 0.3 is 0 Å². The molecule has 0 spiro atoms. The number of carbonyl (C=O) groups is 1. The Bertz CT molecular complexity index is 821. The molecule has 1 aromatic rings. The van der Waals surface area contributed by atoms with Crippen LogP contribution in [-0.4, -0.2) is 27.6 Å². The third-order valence-corrected chi connectivity index (χ3v) is 7.98. The van der Waals surface area contributed by atoms with Crippen LogP contribution in [0.15, 0.2) is 37.3 Å². The first kappa shape index (κ1) is 17.8. The van der Waals surface area contributed by atoms with E-state index in [1.165, 1.54) is 5.71 Å². The number of aliphatic imine (C=N–C) groups is 1. The van der Waals surface area contributed by atoms with E-state index in [1.807, 2.05) is 37.7 Å². The molecule has 3 nitrogen and oxygen atoms in total. The number of Topliss-reactive ketones (excluding diaryl/α,β-unsaturated/α-hetero) is 1. The Labute approximate surface area is 168 Å². The van der Waals surface area contributed by atoms with E-state index in [0.717, 1.165) is 41.8 Å². The molecule has 0 aromatic heterocycles. The molecule has 2 atom stereocenters. The molecule has 132 valence electrons. The third kappa shape index (κ3) is 2.85. The molecule has 1 aliphatic carbocycles. The Hall–Kier alpha value is -0.590. The quantitative estimate of drug-likeness (QED) is 0.564. The van der Waals surface area contributed by atoms with E-state index in [1.54, 1.807) is 0 Å². The Balaban J connectivity index is 1.91. The van der Waals surface area contributed by atoms with Crippen molar-refractivity contribution >= 4 is 55.1 Å². The van der Waals surface area contributed by atoms with Crippen LogP contribution in [0, 0.1) is 5.41 Å². The van der Waals surface area contributed by atoms with Gasteiger partial charge < -0.3 is 5.11 Å². The highest BCUT2D eigenvalue weighted by molar-refractivity contribution is 9.11. The molecule has 1 fully saturated rings. The Morgan fingerprint density at radius 2 is 1.92 bits per heavy atom. The Morgan fingerprint density at radius 1 is 1.24 bits per heavy atom. The molecule has 1 aromatic carbocycles. The molecule has 1 N–H and O–H groups in total. The molecular formula is C19H19Br2NO2S. The third-order valence-electron chi connectivity index (χ3n) is 5.43. The number of hydrogen-bond acceptors (Lipinski definition) is 4. The normalized spacial score (nSPS) is 27.8. The van der Waals surface area contributed by atoms with Gasteiger partial charge in [-0.25, -0.2) is 0 Å². The number of nitrogens with zero attached hydrogens (tertiary/aromatic N) is 1. The lowest BCUT2D eigenvalue weighted by Crippen LogP contribution is -2.38. The van der Waals surface area contributed by atoms with Crippen molar-refractivity contribution in [3.63, 3.8) is 0 Å². The van der Waals surface area contributed by atoms with Crippen LogP contribution in [-0.2, 0) is 4.79 Å². The number of hydrogen-bond donors (Lipinski definition) is 1. The first-order chi connectivity index (χ1) is 11.8. The summed E-state index contributed by atoms with van der Waals surface area (Å²) in [5.74, 6) is 1.49. The molecule has 6 heteroatoms. The van der Waals surface area contributed by atoms with Gasteiger partial charge in [0.2, 0.25) is 0 Å². The van der Waals surface area contributed by atoms with Gasteiger partial charge in [-0.3, -0.25) is 9.79 Å². The van der Waals surface area contributed by atoms with Crippen molar-refractivity contribution in [2.24, 2.45) is 10.4 Å². The van der Waals surface area contributed by atoms with Crippen LogP contribution in [0.3, 0.4) is 0 Å². The summed E-state index contributed by atoms with van der Waals surface area (Å²) in [6.07, 6.45) is 2.72. The highest BCUT2D eigenvalue weighted by Gasteiger charge is 2.47. The summed E-state index contributed by atoms with van der Waals surface area (Å²) < 4.78 is 1.29. The number of phenolic OH excluding ortho intramolecular Hbond substituents is 1. The zero-order valence-corrected chi connectivity index (χ0v) is 18.1. The summed E-state index contributed by atoms with van der Waals surface area (Å²) in [7, 11) is 0. The van der Waals surface area contributed by atoms with Crippen LogP contribution in [0.1, 0.15) is 44.6 Å². The maximum Gasteiger partial charge on any atom is 0.166 e. The van der Waals surface area contributed by atoms with E-state index in [9.17, 15) is 9.90 Å². The fourth-order valence-corrected chi connectivity index (χ4v) is 6.63. The summed E-state index contributed by atoms with van der Waals surface area (Å²) in [5, 5.41) is 10.3. The fraction of sp³-hybridized carbons (Fsp3) is 0.474. The number of carbonyl (C=O) groups excluding carboxylic acids is 1. The number of halogens is 2. The van der Waals surface area contributed by atoms with Crippen LogP contribution in [0.25, 0.3) is 0 Å². The molecule has 2 aliphatic heterocycles. The molecule has 1 saturated heterocycles. The number of allylic oxidation sites excluding steroid dienone is 2. The lowest BCUT2D eigenvalue weighted by Gasteiger charge is -2.38. The summed E-state index contributed by atoms with van der Waals surface area (Å²) in [6, 6.07) is 3.90. The predicted molar refractivity (Wildman–Crippen MR) is 110 cm³/mol. The first-order valence-electron chi connectivity index (χ1n) is 8.44. The molecule has 3 aliphatic rings. The lowest BCUT2D eigenvalue weighted by molar-refractivity contribution is -0.124. The van der Waals surface area contributed by atoms with Crippen molar-refractivity contribution in [2.45, 2.75) is 44.3 Å². The van der Waals surface area contributed by atoms with Gasteiger partial charge in [-0.1, -0.05) is 13.8 Å². The standard InChI is InChI=1S/C19H19Br2NO2S/c1-19(2)5-3-12-15(18(19)24)14(17-13(22-12)4-6-25-17)9-7-10(20)16(23)11(21)8-9/h7-8,14,17,23H,3-6H2,1-2H3. The SMILES string of the molecule is CC1(C)CCC2=C(C1=O)C(c1cc(Br)c(O)c(Br)c1)C1SCCC1=N2. The molecule has 4 rings (SSSR count). The highest BCUT2D eigenvalue weighted by Crippen LogP contribution is 2.51. The van der Waals surface area contributed by atoms with Gasteiger partial charge in [-0.05, 0) is 74.6 Å². The minimum atomic E-state index is -0.335. The number of aromatic hydroxyl groups is 1. The van der Waals surface area contributed by atoms with Crippen molar-refractivity contribution in [3.8, 4) is 5.75 Å². The number of fused-ring (bicyclic) bond motifs is 1. The summed E-state index contributed by atoms with van der Waals surface area (Å²) >= 11 is 8.78. The molecule has 25 heavy (non-hydrogen) atoms. The van der Waals surface area contributed by atoms with Gasteiger partial charge in [0.05, 0.1) is 14.2 Å². The van der Waals surface area contributed by atoms with Crippen LogP contribution in [0.4, 0.5) is 0 Å². The maximum absolute atomic E-state index is 13.3. The van der Waals surface area contributed by atoms with E-state index in [4.69, 9.17) is 4.99 Å². The summed E-state index contributed by atoms with van der Waals surface area (Å²) in [4.78, 5) is 18.2. The predicted octanol–water partition coefficient (Wildman–Crippen LogP) is 5.60. The van der Waals surface area contributed by atoms with E-state index >= 15 is 0 Å². The van der Waals surface area contributed by atoms with Gasteiger partial charge in [-0.15, -0.1) is 0 Å². The monoisotopic (exact) mass is 483 g/mol. The molecule has 2 unspecified atom stereocenters. The van der Waals surface area contributed by atoms with Crippen molar-refractivity contribution in [3.05, 3.63) is 37.9 Å². The average molecular weight is 485 g/mol. The zero-order valence-electron chi connectivity index (χ0n) is 14.1. The number of benzene rings is 1. The minimum Gasteiger partial charge on any atom is -0.506 e. The van der Waals surface area contributed by atoms with Crippen molar-refractivity contribution < 1.29 is 9.90 Å². The van der Waals surface area contributed by atoms with Gasteiger partial charge in [-0.2, -0.15) is 11.8 Å². The average Bonchev–Trinajstić information content (AvgIpc) is 3.02. The zero-order chi connectivity index (χ0) is 17.9. The van der Waals surface area contributed by atoms with Crippen molar-refractivity contribution in [1.29, 1.82) is 0 Å². The largest absolute Gasteiger partial charge is 0.506 e. The Morgan fingerprint density at radius 3 is 2.60 bits per heavy atom. The van der Waals surface area contributed by atoms with E-state index in [0.29, 0.717) is 8.95 Å². The second-order valence-electron chi connectivity index (χ2n) is 7.53. The number of thioether (sulfide) groups is 1. The van der Waals surface area contributed by atoms with E-state index < -0.39 is 0 Å². The smallest absolute Gasteiger partial charge is 0.166 e. The molecule has 2 heterocycles. The lowest BCUT2D eigenvalue weighted by atomic mass is 9.68. The summed E-state index contributed by atoms with van der Waals surface area (Å²) in [5.41, 5.74) is 3.83. The van der Waals surface area contributed by atoms with Crippen LogP contribution in [0.5, 0.6) is 5.75 Å². The minimum absolute atomic E-state index is 0.00951. The summed E-state index contributed by atoms with van der Waals surface area (Å²) in [6.45, 7) is 4.08. The topological polar surface area (TPSA) is 49.7 Å². The van der Waals surface area contributed by atoms with Gasteiger partial charge in [0.25, 0.3) is 0 Å². The number of ketones is 1. The number of rotatable bonds is 1. The second kappa shape index (κ2) is 6.24.